The van der Waals surface area contributed by atoms with Gasteiger partial charge < -0.3 is 5.11 Å². The average Bonchev–Trinajstić information content (AvgIpc) is 2.25. The predicted molar refractivity (Wildman–Crippen MR) is 69.0 cm³/mol. The molecule has 1 N–H and O–H groups in total. The summed E-state index contributed by atoms with van der Waals surface area (Å²) in [5.41, 5.74) is -4.54. The second kappa shape index (κ2) is 6.49. The van der Waals surface area contributed by atoms with E-state index in [9.17, 15) is 22.8 Å². The quantitative estimate of drug-likeness (QED) is 0.660. The van der Waals surface area contributed by atoms with Crippen molar-refractivity contribution in [3.8, 4) is 0 Å². The molecule has 110 valence electrons. The first-order chi connectivity index (χ1) is 9.11. The fourth-order valence-electron chi connectivity index (χ4n) is 1.61. The number of halogens is 4. The van der Waals surface area contributed by atoms with Gasteiger partial charge in [-0.3, -0.25) is 9.59 Å². The Morgan fingerprint density at radius 2 is 2.00 bits per heavy atom. The molecule has 0 aromatic heterocycles. The highest BCUT2D eigenvalue weighted by molar-refractivity contribution is 8.00. The van der Waals surface area contributed by atoms with Crippen LogP contribution in [0.25, 0.3) is 0 Å². The van der Waals surface area contributed by atoms with Crippen molar-refractivity contribution in [3.05, 3.63) is 29.3 Å². The summed E-state index contributed by atoms with van der Waals surface area (Å²) < 4.78 is 37.5. The summed E-state index contributed by atoms with van der Waals surface area (Å²) in [6.07, 6.45) is -0.502. The van der Waals surface area contributed by atoms with Crippen molar-refractivity contribution in [1.29, 1.82) is 0 Å². The molecule has 1 aromatic rings. The number of benzene rings is 1. The van der Waals surface area contributed by atoms with E-state index in [0.717, 1.165) is 13.0 Å². The number of carbonyl (C=O) groups is 2. The molecular weight excluding hydrogens is 317 g/mol. The number of Topliss-reactive ketones (excluding diaryl/α,β-unsaturated/α-hetero) is 1. The molecule has 0 saturated heterocycles. The van der Waals surface area contributed by atoms with Gasteiger partial charge in [0.2, 0.25) is 0 Å². The van der Waals surface area contributed by atoms with Crippen LogP contribution in [0, 0.1) is 0 Å². The molecule has 0 amide bonds. The lowest BCUT2D eigenvalue weighted by atomic mass is 10.00. The molecule has 0 aliphatic carbocycles. The van der Waals surface area contributed by atoms with Crippen molar-refractivity contribution in [1.82, 2.24) is 0 Å². The summed E-state index contributed by atoms with van der Waals surface area (Å²) in [5.74, 6) is -1.76. The SMILES string of the molecule is CC(=O)C(Cl)c1c(CC(=O)O)cccc1SC(F)(F)F. The Morgan fingerprint density at radius 3 is 2.45 bits per heavy atom. The van der Waals surface area contributed by atoms with Crippen LogP contribution in [0.5, 0.6) is 0 Å². The molecule has 20 heavy (non-hydrogen) atoms. The van der Waals surface area contributed by atoms with Crippen LogP contribution >= 0.6 is 23.4 Å². The Labute approximate surface area is 122 Å². The molecule has 0 fully saturated rings. The highest BCUT2D eigenvalue weighted by Gasteiger charge is 2.33. The molecule has 3 nitrogen and oxygen atoms in total. The van der Waals surface area contributed by atoms with E-state index in [1.807, 2.05) is 0 Å². The van der Waals surface area contributed by atoms with Crippen LogP contribution in [-0.2, 0) is 16.0 Å². The van der Waals surface area contributed by atoms with Crippen molar-refractivity contribution in [2.45, 2.75) is 29.1 Å². The fraction of sp³-hybridized carbons (Fsp3) is 0.333. The van der Waals surface area contributed by atoms with Gasteiger partial charge in [0, 0.05) is 4.90 Å². The van der Waals surface area contributed by atoms with Crippen molar-refractivity contribution < 1.29 is 27.9 Å². The number of alkyl halides is 4. The number of aliphatic carboxylic acids is 1. The lowest BCUT2D eigenvalue weighted by Gasteiger charge is -2.17. The topological polar surface area (TPSA) is 54.4 Å². The first-order valence-electron chi connectivity index (χ1n) is 5.35. The molecule has 1 atom stereocenters. The van der Waals surface area contributed by atoms with E-state index < -0.39 is 40.8 Å². The molecule has 1 unspecified atom stereocenters. The zero-order chi connectivity index (χ0) is 15.5. The van der Waals surface area contributed by atoms with Gasteiger partial charge in [0.25, 0.3) is 0 Å². The van der Waals surface area contributed by atoms with Gasteiger partial charge in [0.15, 0.2) is 5.78 Å². The summed E-state index contributed by atoms with van der Waals surface area (Å²) in [5, 5.41) is 7.47. The van der Waals surface area contributed by atoms with Crippen LogP contribution < -0.4 is 0 Å². The maximum atomic E-state index is 12.5. The number of carboxylic acid groups (broad SMARTS) is 1. The van der Waals surface area contributed by atoms with Crippen LogP contribution in [0.2, 0.25) is 0 Å². The molecule has 0 saturated carbocycles. The third-order valence-electron chi connectivity index (χ3n) is 2.33. The highest BCUT2D eigenvalue weighted by Crippen LogP contribution is 2.42. The van der Waals surface area contributed by atoms with Gasteiger partial charge in [-0.2, -0.15) is 13.2 Å². The number of ketones is 1. The van der Waals surface area contributed by atoms with Gasteiger partial charge in [-0.25, -0.2) is 0 Å². The minimum absolute atomic E-state index is 0.0913. The number of rotatable bonds is 5. The summed E-state index contributed by atoms with van der Waals surface area (Å²) in [6, 6.07) is 3.82. The van der Waals surface area contributed by atoms with Crippen molar-refractivity contribution >= 4 is 35.1 Å². The zero-order valence-electron chi connectivity index (χ0n) is 10.2. The average molecular weight is 327 g/mol. The third kappa shape index (κ3) is 4.72. The van der Waals surface area contributed by atoms with Gasteiger partial charge in [-0.1, -0.05) is 12.1 Å². The molecule has 0 aliphatic heterocycles. The predicted octanol–water partition coefficient (Wildman–Crippen LogP) is 3.79. The lowest BCUT2D eigenvalue weighted by Crippen LogP contribution is -2.12. The van der Waals surface area contributed by atoms with Crippen molar-refractivity contribution in [2.75, 3.05) is 0 Å². The first-order valence-corrected chi connectivity index (χ1v) is 6.61. The highest BCUT2D eigenvalue weighted by atomic mass is 35.5. The lowest BCUT2D eigenvalue weighted by molar-refractivity contribution is -0.136. The van der Waals surface area contributed by atoms with E-state index in [1.54, 1.807) is 0 Å². The van der Waals surface area contributed by atoms with E-state index in [2.05, 4.69) is 0 Å². The zero-order valence-corrected chi connectivity index (χ0v) is 11.8. The number of carboxylic acids is 1. The number of hydrogen-bond acceptors (Lipinski definition) is 3. The smallest absolute Gasteiger partial charge is 0.446 e. The maximum absolute atomic E-state index is 12.5. The minimum atomic E-state index is -4.55. The van der Waals surface area contributed by atoms with Gasteiger partial charge in [0.05, 0.1) is 6.42 Å². The second-order valence-electron chi connectivity index (χ2n) is 3.92. The Balaban J connectivity index is 3.35. The molecule has 8 heteroatoms. The third-order valence-corrected chi connectivity index (χ3v) is 3.67. The van der Waals surface area contributed by atoms with Crippen molar-refractivity contribution in [2.24, 2.45) is 0 Å². The normalized spacial score (nSPS) is 13.1. The van der Waals surface area contributed by atoms with E-state index in [0.29, 0.717) is 0 Å². The van der Waals surface area contributed by atoms with Crippen LogP contribution in [0.15, 0.2) is 23.1 Å². The van der Waals surface area contributed by atoms with Crippen LogP contribution in [0.4, 0.5) is 13.2 Å². The summed E-state index contributed by atoms with van der Waals surface area (Å²) in [7, 11) is 0. The molecule has 0 bridgehead atoms. The Morgan fingerprint density at radius 1 is 1.40 bits per heavy atom. The Bertz CT molecular complexity index is 531. The van der Waals surface area contributed by atoms with E-state index in [1.165, 1.54) is 12.1 Å². The van der Waals surface area contributed by atoms with Crippen LogP contribution in [0.3, 0.4) is 0 Å². The first kappa shape index (κ1) is 16.8. The van der Waals surface area contributed by atoms with Gasteiger partial charge in [-0.15, -0.1) is 11.6 Å². The van der Waals surface area contributed by atoms with E-state index >= 15 is 0 Å². The second-order valence-corrected chi connectivity index (χ2v) is 5.46. The number of carbonyl (C=O) groups excluding carboxylic acids is 1. The number of thioether (sulfide) groups is 1. The Hall–Kier alpha value is -1.21. The van der Waals surface area contributed by atoms with E-state index in [4.69, 9.17) is 16.7 Å². The monoisotopic (exact) mass is 326 g/mol. The molecule has 1 aromatic carbocycles. The summed E-state index contributed by atoms with van der Waals surface area (Å²) in [4.78, 5) is 21.8. The number of hydrogen-bond donors (Lipinski definition) is 1. The van der Waals surface area contributed by atoms with Gasteiger partial charge in [-0.05, 0) is 35.9 Å². The molecular formula is C12H10ClF3O3S. The van der Waals surface area contributed by atoms with Gasteiger partial charge >= 0.3 is 11.5 Å². The largest absolute Gasteiger partial charge is 0.481 e. The van der Waals surface area contributed by atoms with Gasteiger partial charge in [0.1, 0.15) is 5.38 Å². The Kier molecular flexibility index (Phi) is 5.47. The molecule has 0 spiro atoms. The minimum Gasteiger partial charge on any atom is -0.481 e. The maximum Gasteiger partial charge on any atom is 0.446 e. The molecule has 0 radical (unpaired) electrons. The summed E-state index contributed by atoms with van der Waals surface area (Å²) >= 11 is 5.43. The summed E-state index contributed by atoms with van der Waals surface area (Å²) in [6.45, 7) is 1.14. The standard InChI is InChI=1S/C12H10ClF3O3S/c1-6(17)11(13)10-7(5-9(18)19)3-2-4-8(10)20-12(14,15)16/h2-4,11H,5H2,1H3,(H,18,19). The molecule has 1 rings (SSSR count). The van der Waals surface area contributed by atoms with E-state index in [-0.39, 0.29) is 16.0 Å². The van der Waals surface area contributed by atoms with Crippen LogP contribution in [-0.4, -0.2) is 22.4 Å². The van der Waals surface area contributed by atoms with Crippen LogP contribution in [0.1, 0.15) is 23.4 Å². The molecule has 0 heterocycles. The fourth-order valence-corrected chi connectivity index (χ4v) is 2.69. The molecule has 0 aliphatic rings. The van der Waals surface area contributed by atoms with Crippen molar-refractivity contribution in [3.63, 3.8) is 0 Å².